The average Bonchev–Trinajstić information content (AvgIpc) is 2.32. The molecule has 5 heteroatoms. The average molecular weight is 362 g/mol. The number of nitro groups is 1. The van der Waals surface area contributed by atoms with Crippen LogP contribution in [-0.4, -0.2) is 17.5 Å². The van der Waals surface area contributed by atoms with Crippen LogP contribution in [0, 0.1) is 13.7 Å². The van der Waals surface area contributed by atoms with Gasteiger partial charge in [0.25, 0.3) is 5.69 Å². The van der Waals surface area contributed by atoms with E-state index in [-0.39, 0.29) is 22.6 Å². The largest absolute Gasteiger partial charge is 0.314 e. The first-order valence-electron chi connectivity index (χ1n) is 6.18. The van der Waals surface area contributed by atoms with Gasteiger partial charge in [0.05, 0.1) is 4.92 Å². The van der Waals surface area contributed by atoms with Crippen LogP contribution in [0.1, 0.15) is 38.7 Å². The molecule has 2 unspecified atom stereocenters. The lowest BCUT2D eigenvalue weighted by Gasteiger charge is -2.23. The van der Waals surface area contributed by atoms with Gasteiger partial charge in [-0.2, -0.15) is 0 Å². The third-order valence-electron chi connectivity index (χ3n) is 3.16. The fourth-order valence-electron chi connectivity index (χ4n) is 2.30. The molecule has 0 spiro atoms. The number of nitrogens with zero attached hydrogens (tertiary/aromatic N) is 1. The summed E-state index contributed by atoms with van der Waals surface area (Å²) in [5, 5.41) is 14.5. The van der Waals surface area contributed by atoms with Crippen LogP contribution in [0.25, 0.3) is 0 Å². The van der Waals surface area contributed by atoms with Crippen LogP contribution in [-0.2, 0) is 0 Å². The second-order valence-electron chi connectivity index (χ2n) is 4.32. The van der Waals surface area contributed by atoms with Crippen LogP contribution in [0.3, 0.4) is 0 Å². The Kier molecular flexibility index (Phi) is 6.01. The van der Waals surface area contributed by atoms with Gasteiger partial charge in [-0.1, -0.05) is 19.9 Å². The van der Waals surface area contributed by atoms with E-state index < -0.39 is 0 Å². The molecule has 0 bridgehead atoms. The zero-order valence-corrected chi connectivity index (χ0v) is 13.1. The van der Waals surface area contributed by atoms with Gasteiger partial charge >= 0.3 is 0 Å². The monoisotopic (exact) mass is 362 g/mol. The Hall–Kier alpha value is -0.690. The maximum Gasteiger partial charge on any atom is 0.273 e. The van der Waals surface area contributed by atoms with Crippen LogP contribution >= 0.6 is 22.6 Å². The van der Waals surface area contributed by atoms with Crippen molar-refractivity contribution >= 4 is 28.3 Å². The zero-order chi connectivity index (χ0) is 13.7. The van der Waals surface area contributed by atoms with Crippen LogP contribution in [0.2, 0.25) is 0 Å². The van der Waals surface area contributed by atoms with Gasteiger partial charge < -0.3 is 5.32 Å². The number of hydrogen-bond acceptors (Lipinski definition) is 3. The van der Waals surface area contributed by atoms with E-state index in [4.69, 9.17) is 0 Å². The maximum atomic E-state index is 11.2. The number of hydrogen-bond donors (Lipinski definition) is 1. The predicted molar refractivity (Wildman–Crippen MR) is 82.0 cm³/mol. The first kappa shape index (κ1) is 15.4. The lowest BCUT2D eigenvalue weighted by molar-refractivity contribution is -0.385. The van der Waals surface area contributed by atoms with E-state index in [1.165, 1.54) is 0 Å². The van der Waals surface area contributed by atoms with Crippen LogP contribution in [0.15, 0.2) is 18.2 Å². The van der Waals surface area contributed by atoms with Crippen molar-refractivity contribution in [3.8, 4) is 0 Å². The smallest absolute Gasteiger partial charge is 0.273 e. The van der Waals surface area contributed by atoms with Gasteiger partial charge in [-0.3, -0.25) is 10.1 Å². The molecule has 0 aliphatic carbocycles. The summed E-state index contributed by atoms with van der Waals surface area (Å²) < 4.78 is 0.897. The summed E-state index contributed by atoms with van der Waals surface area (Å²) in [6, 6.07) is 5.71. The fraction of sp³-hybridized carbons (Fsp3) is 0.538. The van der Waals surface area contributed by atoms with Gasteiger partial charge in [-0.15, -0.1) is 0 Å². The number of nitro benzene ring substituents is 1. The number of rotatable bonds is 6. The van der Waals surface area contributed by atoms with Gasteiger partial charge in [-0.25, -0.2) is 0 Å². The van der Waals surface area contributed by atoms with E-state index in [2.05, 4.69) is 41.8 Å². The molecular formula is C13H19IN2O2. The Morgan fingerprint density at radius 1 is 1.44 bits per heavy atom. The van der Waals surface area contributed by atoms with Crippen LogP contribution in [0.4, 0.5) is 5.69 Å². The molecule has 0 aliphatic rings. The molecule has 0 heterocycles. The number of likely N-dealkylation sites (N-methyl/N-ethyl adjacent to an activating group) is 1. The third kappa shape index (κ3) is 3.65. The highest BCUT2D eigenvalue weighted by Crippen LogP contribution is 2.32. The van der Waals surface area contributed by atoms with Crippen molar-refractivity contribution in [1.82, 2.24) is 5.32 Å². The predicted octanol–water partition coefficient (Wildman–Crippen LogP) is 3.69. The Morgan fingerprint density at radius 3 is 2.61 bits per heavy atom. The minimum absolute atomic E-state index is 0.169. The molecule has 1 aromatic carbocycles. The minimum Gasteiger partial charge on any atom is -0.314 e. The molecule has 0 aliphatic heterocycles. The molecule has 0 fully saturated rings. The lowest BCUT2D eigenvalue weighted by atomic mass is 9.89. The molecule has 100 valence electrons. The SMILES string of the molecule is CCNC(C)C(CC)c1ccc(I)cc1[N+](=O)[O-]. The van der Waals surface area contributed by atoms with Gasteiger partial charge in [0.15, 0.2) is 0 Å². The van der Waals surface area contributed by atoms with Crippen molar-refractivity contribution in [1.29, 1.82) is 0 Å². The first-order chi connectivity index (χ1) is 8.51. The molecule has 4 nitrogen and oxygen atoms in total. The highest BCUT2D eigenvalue weighted by Gasteiger charge is 2.25. The standard InChI is InChI=1S/C13H19IN2O2/c1-4-11(9(3)15-5-2)12-7-6-10(14)8-13(12)16(17)18/h6-9,11,15H,4-5H2,1-3H3. The maximum absolute atomic E-state index is 11.2. The van der Waals surface area contributed by atoms with Crippen molar-refractivity contribution in [2.24, 2.45) is 0 Å². The summed E-state index contributed by atoms with van der Waals surface area (Å²) in [4.78, 5) is 10.9. The molecule has 1 rings (SSSR count). The Labute approximate surface area is 121 Å². The van der Waals surface area contributed by atoms with E-state index >= 15 is 0 Å². The minimum atomic E-state index is -0.279. The van der Waals surface area contributed by atoms with E-state index in [0.717, 1.165) is 22.1 Å². The first-order valence-corrected chi connectivity index (χ1v) is 7.26. The van der Waals surface area contributed by atoms with E-state index in [9.17, 15) is 10.1 Å². The Bertz CT molecular complexity index is 423. The van der Waals surface area contributed by atoms with Gasteiger partial charge in [0.1, 0.15) is 0 Å². The van der Waals surface area contributed by atoms with Crippen molar-refractivity contribution in [2.45, 2.75) is 39.2 Å². The van der Waals surface area contributed by atoms with Crippen molar-refractivity contribution in [3.63, 3.8) is 0 Å². The molecule has 0 aromatic heterocycles. The molecule has 0 saturated carbocycles. The van der Waals surface area contributed by atoms with E-state index in [1.807, 2.05) is 19.1 Å². The highest BCUT2D eigenvalue weighted by atomic mass is 127. The normalized spacial score (nSPS) is 14.2. The second kappa shape index (κ2) is 7.04. The van der Waals surface area contributed by atoms with Crippen molar-refractivity contribution < 1.29 is 4.92 Å². The number of nitrogens with one attached hydrogen (secondary N) is 1. The molecule has 1 aromatic rings. The van der Waals surface area contributed by atoms with E-state index in [0.29, 0.717) is 0 Å². The van der Waals surface area contributed by atoms with Gasteiger partial charge in [0, 0.05) is 27.2 Å². The van der Waals surface area contributed by atoms with Crippen LogP contribution < -0.4 is 5.32 Å². The summed E-state index contributed by atoms with van der Waals surface area (Å²) >= 11 is 2.10. The molecule has 0 amide bonds. The molecule has 1 N–H and O–H groups in total. The molecule has 18 heavy (non-hydrogen) atoms. The molecule has 0 radical (unpaired) electrons. The molecule has 0 saturated heterocycles. The zero-order valence-electron chi connectivity index (χ0n) is 10.9. The van der Waals surface area contributed by atoms with Gasteiger partial charge in [-0.05, 0) is 48.5 Å². The topological polar surface area (TPSA) is 55.2 Å². The summed E-state index contributed by atoms with van der Waals surface area (Å²) in [7, 11) is 0. The fourth-order valence-corrected chi connectivity index (χ4v) is 2.77. The molecule has 2 atom stereocenters. The van der Waals surface area contributed by atoms with Crippen molar-refractivity contribution in [2.75, 3.05) is 6.54 Å². The van der Waals surface area contributed by atoms with Crippen LogP contribution in [0.5, 0.6) is 0 Å². The third-order valence-corrected chi connectivity index (χ3v) is 3.83. The summed E-state index contributed by atoms with van der Waals surface area (Å²) in [6.07, 6.45) is 0.885. The second-order valence-corrected chi connectivity index (χ2v) is 5.57. The molecular weight excluding hydrogens is 343 g/mol. The van der Waals surface area contributed by atoms with Crippen molar-refractivity contribution in [3.05, 3.63) is 37.4 Å². The highest BCUT2D eigenvalue weighted by molar-refractivity contribution is 14.1. The Balaban J connectivity index is 3.16. The number of halogens is 1. The summed E-state index contributed by atoms with van der Waals surface area (Å²) in [5.74, 6) is 0.169. The quantitative estimate of drug-likeness (QED) is 0.477. The Morgan fingerprint density at radius 2 is 2.11 bits per heavy atom. The number of benzene rings is 1. The van der Waals surface area contributed by atoms with Gasteiger partial charge in [0.2, 0.25) is 0 Å². The summed E-state index contributed by atoms with van der Waals surface area (Å²) in [6.45, 7) is 7.07. The van der Waals surface area contributed by atoms with E-state index in [1.54, 1.807) is 6.07 Å². The summed E-state index contributed by atoms with van der Waals surface area (Å²) in [5.41, 5.74) is 1.06. The lowest BCUT2D eigenvalue weighted by Crippen LogP contribution is -2.32.